The number of ether oxygens (including phenoxy) is 2. The summed E-state index contributed by atoms with van der Waals surface area (Å²) < 4.78 is 80.7. The van der Waals surface area contributed by atoms with E-state index in [4.69, 9.17) is 32.8 Å². The zero-order chi connectivity index (χ0) is 26.1. The van der Waals surface area contributed by atoms with Gasteiger partial charge in [0.15, 0.2) is 0 Å². The van der Waals surface area contributed by atoms with Gasteiger partial charge in [0, 0.05) is 0 Å². The van der Waals surface area contributed by atoms with Crippen LogP contribution >= 0.6 is 0 Å². The number of fused-ring (bicyclic) bond motifs is 2. The molecule has 1 N–H and O–H groups in total. The first-order valence-electron chi connectivity index (χ1n) is 10.7. The number of halogens is 3. The summed E-state index contributed by atoms with van der Waals surface area (Å²) in [7, 11) is 12.1. The van der Waals surface area contributed by atoms with Crippen LogP contribution in [0.2, 0.25) is 0 Å². The van der Waals surface area contributed by atoms with E-state index >= 15 is 0 Å². The summed E-state index contributed by atoms with van der Waals surface area (Å²) in [6.45, 7) is 0. The molecule has 182 valence electrons. The van der Waals surface area contributed by atoms with Crippen LogP contribution in [-0.4, -0.2) is 66.5 Å². The van der Waals surface area contributed by atoms with Crippen LogP contribution in [0.4, 0.5) is 13.2 Å². The molecule has 7 nitrogen and oxygen atoms in total. The Kier molecular flexibility index (Phi) is 8.15. The Morgan fingerprint density at radius 3 is 1.94 bits per heavy atom. The fraction of sp³-hybridized carbons (Fsp3) is 0.524. The lowest BCUT2D eigenvalue weighted by atomic mass is 9.82. The third kappa shape index (κ3) is 6.14. The second-order valence-corrected chi connectivity index (χ2v) is 9.99. The number of carbonyl (C=O) groups excluding carboxylic acids is 2. The number of carbonyl (C=O) groups is 2. The fourth-order valence-electron chi connectivity index (χ4n) is 4.62. The molecule has 0 aromatic heterocycles. The molecule has 14 heteroatoms. The summed E-state index contributed by atoms with van der Waals surface area (Å²) in [5.74, 6) is -7.68. The van der Waals surface area contributed by atoms with Crippen molar-refractivity contribution in [1.29, 1.82) is 0 Å². The predicted molar refractivity (Wildman–Crippen MR) is 121 cm³/mol. The van der Waals surface area contributed by atoms with Crippen molar-refractivity contribution in [2.24, 2.45) is 23.7 Å². The smallest absolute Gasteiger partial charge is 0.426 e. The van der Waals surface area contributed by atoms with E-state index < -0.39 is 63.8 Å². The van der Waals surface area contributed by atoms with E-state index in [1.807, 2.05) is 0 Å². The van der Waals surface area contributed by atoms with Crippen LogP contribution in [0.15, 0.2) is 24.3 Å². The summed E-state index contributed by atoms with van der Waals surface area (Å²) >= 11 is 0. The Bertz CT molecular complexity index is 1100. The molecule has 5 unspecified atom stereocenters. The number of benzene rings is 1. The molecule has 1 aromatic rings. The van der Waals surface area contributed by atoms with E-state index in [1.165, 1.54) is 0 Å². The van der Waals surface area contributed by atoms with E-state index in [0.717, 1.165) is 0 Å². The van der Waals surface area contributed by atoms with Gasteiger partial charge in [-0.3, -0.25) is 14.1 Å². The zero-order valence-corrected chi connectivity index (χ0v) is 19.2. The van der Waals surface area contributed by atoms with Gasteiger partial charge in [0.05, 0.1) is 35.4 Å². The molecule has 3 rings (SSSR count). The molecule has 0 amide bonds. The van der Waals surface area contributed by atoms with Crippen LogP contribution in [0.3, 0.4) is 0 Å². The molecule has 1 aromatic carbocycles. The van der Waals surface area contributed by atoms with Gasteiger partial charge in [-0.2, -0.15) is 21.6 Å². The monoisotopic (exact) mass is 506 g/mol. The molecule has 0 spiro atoms. The van der Waals surface area contributed by atoms with Crippen molar-refractivity contribution in [3.8, 4) is 5.75 Å². The Balaban J connectivity index is 1.88. The third-order valence-electron chi connectivity index (χ3n) is 6.17. The standard InChI is InChI=1S/C21H20B3F3O7S/c22-6-10-3-13(7-23)18(14(4-10)8-24)34-20(29)17-12-2-1-11(5-12)16(17)19(28)33-15(21(25,26)27)9-35(30,31)32/h1-4,11-12,15-17H,5-9H2,(H,30,31,32). The minimum Gasteiger partial charge on any atom is -0.451 e. The van der Waals surface area contributed by atoms with Crippen molar-refractivity contribution >= 4 is 45.6 Å². The van der Waals surface area contributed by atoms with Crippen molar-refractivity contribution < 1.29 is 45.2 Å². The lowest BCUT2D eigenvalue weighted by molar-refractivity contribution is -0.218. The second kappa shape index (κ2) is 10.4. The van der Waals surface area contributed by atoms with Crippen LogP contribution in [0, 0.1) is 23.7 Å². The van der Waals surface area contributed by atoms with Crippen LogP contribution in [0.5, 0.6) is 5.75 Å². The Labute approximate surface area is 204 Å². The Morgan fingerprint density at radius 2 is 1.51 bits per heavy atom. The topological polar surface area (TPSA) is 107 Å². The number of alkyl halides is 3. The van der Waals surface area contributed by atoms with Crippen LogP contribution in [0.25, 0.3) is 0 Å². The normalized spacial score (nSPS) is 24.3. The molecule has 2 aliphatic carbocycles. The van der Waals surface area contributed by atoms with Crippen molar-refractivity contribution in [2.45, 2.75) is 37.7 Å². The van der Waals surface area contributed by atoms with E-state index in [2.05, 4.69) is 4.74 Å². The van der Waals surface area contributed by atoms with E-state index in [-0.39, 0.29) is 24.7 Å². The van der Waals surface area contributed by atoms with Gasteiger partial charge in [0.1, 0.15) is 11.5 Å². The highest BCUT2D eigenvalue weighted by molar-refractivity contribution is 7.85. The Morgan fingerprint density at radius 1 is 1.00 bits per heavy atom. The van der Waals surface area contributed by atoms with Crippen molar-refractivity contribution in [1.82, 2.24) is 0 Å². The molecule has 2 aliphatic rings. The molecular formula is C21H20B3F3O7S. The lowest BCUT2D eigenvalue weighted by Gasteiger charge is -2.28. The van der Waals surface area contributed by atoms with E-state index in [0.29, 0.717) is 23.1 Å². The van der Waals surface area contributed by atoms with Crippen LogP contribution < -0.4 is 4.74 Å². The molecule has 1 saturated carbocycles. The summed E-state index contributed by atoms with van der Waals surface area (Å²) in [6.07, 6.45) is -4.64. The van der Waals surface area contributed by atoms with E-state index in [1.54, 1.807) is 24.3 Å². The molecule has 0 aliphatic heterocycles. The van der Waals surface area contributed by atoms with E-state index in [9.17, 15) is 31.2 Å². The third-order valence-corrected chi connectivity index (χ3v) is 6.89. The minimum absolute atomic E-state index is 0.0194. The largest absolute Gasteiger partial charge is 0.451 e. The van der Waals surface area contributed by atoms with Gasteiger partial charge >= 0.3 is 18.1 Å². The first kappa shape index (κ1) is 27.4. The Hall–Kier alpha value is -2.21. The number of hydrogen-bond acceptors (Lipinski definition) is 6. The number of esters is 2. The number of allylic oxidation sites excluding steroid dienone is 2. The van der Waals surface area contributed by atoms with Gasteiger partial charge in [-0.15, -0.1) is 0 Å². The quantitative estimate of drug-likeness (QED) is 0.178. The summed E-state index contributed by atoms with van der Waals surface area (Å²) in [6, 6.07) is 3.27. The van der Waals surface area contributed by atoms with Gasteiger partial charge in [0.2, 0.25) is 6.10 Å². The molecule has 5 atom stereocenters. The van der Waals surface area contributed by atoms with Crippen molar-refractivity contribution in [2.75, 3.05) is 5.75 Å². The summed E-state index contributed by atoms with van der Waals surface area (Å²) in [4.78, 5) is 26.0. The number of hydrogen-bond donors (Lipinski definition) is 1. The summed E-state index contributed by atoms with van der Waals surface area (Å²) in [5, 5.41) is 0. The molecule has 0 heterocycles. The van der Waals surface area contributed by atoms with Gasteiger partial charge in [-0.25, -0.2) is 0 Å². The maximum absolute atomic E-state index is 13.3. The van der Waals surface area contributed by atoms with Gasteiger partial charge in [-0.1, -0.05) is 48.8 Å². The number of rotatable bonds is 9. The molecule has 0 saturated heterocycles. The van der Waals surface area contributed by atoms with Gasteiger partial charge < -0.3 is 9.47 Å². The highest BCUT2D eigenvalue weighted by Gasteiger charge is 2.55. The first-order chi connectivity index (χ1) is 16.3. The van der Waals surface area contributed by atoms with Gasteiger partial charge in [-0.05, 0) is 29.4 Å². The maximum atomic E-state index is 13.3. The minimum atomic E-state index is -5.26. The maximum Gasteiger partial charge on any atom is 0.426 e. The average molecular weight is 506 g/mol. The highest BCUT2D eigenvalue weighted by atomic mass is 32.2. The molecule has 2 bridgehead atoms. The molecule has 35 heavy (non-hydrogen) atoms. The summed E-state index contributed by atoms with van der Waals surface area (Å²) in [5.41, 5.74) is 1.57. The zero-order valence-electron chi connectivity index (χ0n) is 18.4. The van der Waals surface area contributed by atoms with Crippen molar-refractivity contribution in [3.05, 3.63) is 41.0 Å². The first-order valence-corrected chi connectivity index (χ1v) is 12.3. The van der Waals surface area contributed by atoms with Gasteiger partial charge in [0.25, 0.3) is 10.1 Å². The fourth-order valence-corrected chi connectivity index (χ4v) is 5.26. The van der Waals surface area contributed by atoms with Crippen LogP contribution in [-0.2, 0) is 43.4 Å². The molecular weight excluding hydrogens is 486 g/mol. The second-order valence-electron chi connectivity index (χ2n) is 8.49. The molecule has 1 fully saturated rings. The van der Waals surface area contributed by atoms with Crippen LogP contribution in [0.1, 0.15) is 23.1 Å². The molecule has 6 radical (unpaired) electrons. The lowest BCUT2D eigenvalue weighted by Crippen LogP contribution is -2.44. The highest BCUT2D eigenvalue weighted by Crippen LogP contribution is 2.49. The predicted octanol–water partition coefficient (Wildman–Crippen LogP) is 1.40. The van der Waals surface area contributed by atoms with Crippen molar-refractivity contribution in [3.63, 3.8) is 0 Å². The average Bonchev–Trinajstić information content (AvgIpc) is 3.38. The SMILES string of the molecule is [B]Cc1cc(C[B])c(OC(=O)C2C3C=CC(C3)C2C(=O)OC(CS(=O)(=O)O)C(F)(F)F)c(C[B])c1.